The van der Waals surface area contributed by atoms with Gasteiger partial charge in [-0.2, -0.15) is 13.4 Å². The number of nitrogens with one attached hydrogen (secondary N) is 1. The summed E-state index contributed by atoms with van der Waals surface area (Å²) >= 11 is 0. The molecule has 0 unspecified atom stereocenters. The van der Waals surface area contributed by atoms with Gasteiger partial charge in [0.2, 0.25) is 23.1 Å². The van der Waals surface area contributed by atoms with E-state index in [0.29, 0.717) is 17.1 Å². The second-order valence-electron chi connectivity index (χ2n) is 4.55. The van der Waals surface area contributed by atoms with Gasteiger partial charge in [-0.15, -0.1) is 0 Å². The molecule has 0 aliphatic carbocycles. The number of ether oxygens (including phenoxy) is 1. The number of carbonyl (C=O) groups excluding carboxylic acids is 1. The molecular formula is C14H11N3O6S. The largest absolute Gasteiger partial charge is 0.463 e. The molecule has 10 heteroatoms. The number of methoxy groups -OCH3 is 1. The maximum atomic E-state index is 12.2. The zero-order valence-electron chi connectivity index (χ0n) is 12.3. The summed E-state index contributed by atoms with van der Waals surface area (Å²) in [6.45, 7) is 0. The molecule has 0 fully saturated rings. The van der Waals surface area contributed by atoms with E-state index in [1.807, 2.05) is 0 Å². The van der Waals surface area contributed by atoms with Crippen LogP contribution < -0.4 is 4.72 Å². The molecule has 2 aromatic heterocycles. The van der Waals surface area contributed by atoms with Crippen molar-refractivity contribution < 1.29 is 26.9 Å². The van der Waals surface area contributed by atoms with Gasteiger partial charge in [0.25, 0.3) is 10.0 Å². The van der Waals surface area contributed by atoms with Crippen molar-refractivity contribution in [1.82, 2.24) is 10.1 Å². The van der Waals surface area contributed by atoms with Crippen LogP contribution in [0.5, 0.6) is 0 Å². The molecular weight excluding hydrogens is 338 g/mol. The van der Waals surface area contributed by atoms with Gasteiger partial charge in [-0.05, 0) is 36.4 Å². The highest BCUT2D eigenvalue weighted by atomic mass is 32.2. The summed E-state index contributed by atoms with van der Waals surface area (Å²) in [5.74, 6) is -0.579. The fourth-order valence-corrected chi connectivity index (χ4v) is 2.86. The number of sulfonamides is 1. The summed E-state index contributed by atoms with van der Waals surface area (Å²) in [5.41, 5.74) is 0.968. The van der Waals surface area contributed by atoms with E-state index in [4.69, 9.17) is 4.42 Å². The van der Waals surface area contributed by atoms with Crippen LogP contribution in [0.25, 0.3) is 11.4 Å². The monoisotopic (exact) mass is 349 g/mol. The Balaban J connectivity index is 1.79. The summed E-state index contributed by atoms with van der Waals surface area (Å²) in [5, 5.41) is 3.28. The minimum absolute atomic E-state index is 0.203. The van der Waals surface area contributed by atoms with E-state index < -0.39 is 21.1 Å². The molecule has 124 valence electrons. The van der Waals surface area contributed by atoms with Gasteiger partial charge in [0.15, 0.2) is 0 Å². The van der Waals surface area contributed by atoms with Gasteiger partial charge < -0.3 is 13.7 Å². The first-order chi connectivity index (χ1) is 11.5. The van der Waals surface area contributed by atoms with Crippen molar-refractivity contribution in [1.29, 1.82) is 0 Å². The van der Waals surface area contributed by atoms with Crippen molar-refractivity contribution in [2.45, 2.75) is 5.09 Å². The number of rotatable bonds is 5. The number of anilines is 1. The molecule has 2 heterocycles. The average Bonchev–Trinajstić information content (AvgIpc) is 3.26. The SMILES string of the molecule is COC(=O)c1ccc(S(=O)(=O)Nc2ccc(-c3ncon3)cc2)o1. The molecule has 3 rings (SSSR count). The zero-order chi connectivity index (χ0) is 17.2. The van der Waals surface area contributed by atoms with Gasteiger partial charge in [0, 0.05) is 11.3 Å². The van der Waals surface area contributed by atoms with Gasteiger partial charge in [-0.1, -0.05) is 5.16 Å². The third-order valence-electron chi connectivity index (χ3n) is 2.99. The Morgan fingerprint density at radius 1 is 1.17 bits per heavy atom. The van der Waals surface area contributed by atoms with Crippen LogP contribution in [0.1, 0.15) is 10.6 Å². The number of aromatic nitrogens is 2. The Labute approximate surface area is 136 Å². The number of esters is 1. The number of benzene rings is 1. The first kappa shape index (κ1) is 15.7. The van der Waals surface area contributed by atoms with Crippen LogP contribution in [0.15, 0.2) is 56.8 Å². The summed E-state index contributed by atoms with van der Waals surface area (Å²) < 4.78 is 40.9. The minimum atomic E-state index is -3.98. The highest BCUT2D eigenvalue weighted by molar-refractivity contribution is 7.92. The second-order valence-corrected chi connectivity index (χ2v) is 6.16. The quantitative estimate of drug-likeness (QED) is 0.693. The Kier molecular flexibility index (Phi) is 4.04. The van der Waals surface area contributed by atoms with E-state index >= 15 is 0 Å². The first-order valence-electron chi connectivity index (χ1n) is 6.57. The van der Waals surface area contributed by atoms with Crippen LogP contribution in [-0.2, 0) is 14.8 Å². The third kappa shape index (κ3) is 3.13. The predicted octanol–water partition coefficient (Wildman–Crippen LogP) is 1.92. The summed E-state index contributed by atoms with van der Waals surface area (Å²) in [7, 11) is -2.81. The molecule has 24 heavy (non-hydrogen) atoms. The maximum Gasteiger partial charge on any atom is 0.374 e. The molecule has 0 radical (unpaired) electrons. The van der Waals surface area contributed by atoms with Crippen molar-refractivity contribution in [2.24, 2.45) is 0 Å². The Hall–Kier alpha value is -3.14. The Morgan fingerprint density at radius 3 is 2.54 bits per heavy atom. The lowest BCUT2D eigenvalue weighted by Crippen LogP contribution is -2.12. The second kappa shape index (κ2) is 6.16. The van der Waals surface area contributed by atoms with Crippen molar-refractivity contribution in [2.75, 3.05) is 11.8 Å². The molecule has 0 aliphatic heterocycles. The molecule has 0 saturated carbocycles. The lowest BCUT2D eigenvalue weighted by Gasteiger charge is -2.06. The van der Waals surface area contributed by atoms with E-state index in [0.717, 1.165) is 0 Å². The van der Waals surface area contributed by atoms with Crippen LogP contribution in [0.4, 0.5) is 5.69 Å². The molecule has 0 atom stereocenters. The van der Waals surface area contributed by atoms with E-state index in [9.17, 15) is 13.2 Å². The summed E-state index contributed by atoms with van der Waals surface area (Å²) in [6, 6.07) is 8.72. The molecule has 0 spiro atoms. The van der Waals surface area contributed by atoms with Crippen LogP contribution in [0, 0.1) is 0 Å². The predicted molar refractivity (Wildman–Crippen MR) is 80.6 cm³/mol. The summed E-state index contributed by atoms with van der Waals surface area (Å²) in [6.07, 6.45) is 1.20. The molecule has 0 amide bonds. The van der Waals surface area contributed by atoms with Crippen molar-refractivity contribution in [3.63, 3.8) is 0 Å². The number of nitrogens with zero attached hydrogens (tertiary/aromatic N) is 2. The van der Waals surface area contributed by atoms with Crippen LogP contribution >= 0.6 is 0 Å². The molecule has 1 aromatic carbocycles. The van der Waals surface area contributed by atoms with E-state index in [2.05, 4.69) is 24.1 Å². The van der Waals surface area contributed by atoms with Gasteiger partial charge in [-0.25, -0.2) is 4.79 Å². The number of furan rings is 1. The first-order valence-corrected chi connectivity index (χ1v) is 8.06. The standard InChI is InChI=1S/C14H11N3O6S/c1-21-14(18)11-6-7-12(23-11)24(19,20)17-10-4-2-9(3-5-10)13-15-8-22-16-13/h2-8,17H,1H3. The van der Waals surface area contributed by atoms with Crippen LogP contribution in [0.3, 0.4) is 0 Å². The summed E-state index contributed by atoms with van der Waals surface area (Å²) in [4.78, 5) is 15.2. The average molecular weight is 349 g/mol. The fourth-order valence-electron chi connectivity index (χ4n) is 1.87. The number of carbonyl (C=O) groups is 1. The van der Waals surface area contributed by atoms with Gasteiger partial charge in [0.05, 0.1) is 7.11 Å². The van der Waals surface area contributed by atoms with Gasteiger partial charge >= 0.3 is 5.97 Å². The van der Waals surface area contributed by atoms with Crippen LogP contribution in [0.2, 0.25) is 0 Å². The van der Waals surface area contributed by atoms with E-state index in [1.54, 1.807) is 12.1 Å². The van der Waals surface area contributed by atoms with E-state index in [-0.39, 0.29) is 5.76 Å². The maximum absolute atomic E-state index is 12.2. The molecule has 0 aliphatic rings. The lowest BCUT2D eigenvalue weighted by atomic mass is 10.2. The topological polar surface area (TPSA) is 125 Å². The normalized spacial score (nSPS) is 11.2. The number of hydrogen-bond donors (Lipinski definition) is 1. The molecule has 3 aromatic rings. The fraction of sp³-hybridized carbons (Fsp3) is 0.0714. The Bertz CT molecular complexity index is 945. The van der Waals surface area contributed by atoms with Crippen molar-refractivity contribution >= 4 is 21.7 Å². The van der Waals surface area contributed by atoms with Gasteiger partial charge in [0.1, 0.15) is 0 Å². The Morgan fingerprint density at radius 2 is 1.92 bits per heavy atom. The van der Waals surface area contributed by atoms with Gasteiger partial charge in [-0.3, -0.25) is 4.72 Å². The third-order valence-corrected chi connectivity index (χ3v) is 4.24. The lowest BCUT2D eigenvalue weighted by molar-refractivity contribution is 0.0559. The smallest absolute Gasteiger partial charge is 0.374 e. The van der Waals surface area contributed by atoms with E-state index in [1.165, 1.54) is 37.8 Å². The molecule has 0 saturated heterocycles. The highest BCUT2D eigenvalue weighted by Crippen LogP contribution is 2.21. The van der Waals surface area contributed by atoms with Crippen molar-refractivity contribution in [3.05, 3.63) is 48.6 Å². The van der Waals surface area contributed by atoms with Crippen LogP contribution in [-0.4, -0.2) is 31.6 Å². The zero-order valence-corrected chi connectivity index (χ0v) is 13.1. The molecule has 0 bridgehead atoms. The minimum Gasteiger partial charge on any atom is -0.463 e. The number of hydrogen-bond acceptors (Lipinski definition) is 8. The highest BCUT2D eigenvalue weighted by Gasteiger charge is 2.21. The molecule has 9 nitrogen and oxygen atoms in total. The van der Waals surface area contributed by atoms with Crippen molar-refractivity contribution in [3.8, 4) is 11.4 Å². The molecule has 1 N–H and O–H groups in total.